The molecule has 8 nitrogen and oxygen atoms in total. The summed E-state index contributed by atoms with van der Waals surface area (Å²) in [6.07, 6.45) is 5.80. The smallest absolute Gasteiger partial charge is 0.183 e. The van der Waals surface area contributed by atoms with Crippen LogP contribution in [0.15, 0.2) is 54.9 Å². The van der Waals surface area contributed by atoms with Gasteiger partial charge in [0, 0.05) is 31.0 Å². The van der Waals surface area contributed by atoms with Crippen LogP contribution in [0.25, 0.3) is 28.6 Å². The number of hydrogen-bond donors (Lipinski definition) is 1. The van der Waals surface area contributed by atoms with Crippen LogP contribution in [0, 0.1) is 0 Å². The van der Waals surface area contributed by atoms with Crippen molar-refractivity contribution in [3.63, 3.8) is 0 Å². The molecule has 0 spiro atoms. The van der Waals surface area contributed by atoms with Gasteiger partial charge in [-0.15, -0.1) is 15.0 Å². The molecule has 0 bridgehead atoms. The van der Waals surface area contributed by atoms with Crippen molar-refractivity contribution < 1.29 is 0 Å². The first kappa shape index (κ1) is 15.7. The lowest BCUT2D eigenvalue weighted by atomic mass is 10.3. The molecule has 0 aliphatic carbocycles. The minimum absolute atomic E-state index is 0.597. The van der Waals surface area contributed by atoms with Crippen LogP contribution in [0.5, 0.6) is 0 Å². The number of nitrogens with one attached hydrogen (secondary N) is 1. The number of benzene rings is 1. The van der Waals surface area contributed by atoms with Crippen molar-refractivity contribution in [3.8, 4) is 28.6 Å². The molecular weight excluding hydrogens is 340 g/mol. The van der Waals surface area contributed by atoms with Gasteiger partial charge in [-0.25, -0.2) is 4.98 Å². The second kappa shape index (κ2) is 6.64. The third kappa shape index (κ3) is 2.95. The summed E-state index contributed by atoms with van der Waals surface area (Å²) < 4.78 is 0. The third-order valence-corrected chi connectivity index (χ3v) is 4.62. The molecule has 3 aromatic heterocycles. The van der Waals surface area contributed by atoms with E-state index in [-0.39, 0.29) is 0 Å². The summed E-state index contributed by atoms with van der Waals surface area (Å²) in [5.41, 5.74) is 2.48. The Bertz CT molecular complexity index is 1030. The van der Waals surface area contributed by atoms with E-state index in [0.717, 1.165) is 43.0 Å². The van der Waals surface area contributed by atoms with Crippen LogP contribution in [0.3, 0.4) is 0 Å². The number of para-hydroxylation sites is 1. The van der Waals surface area contributed by atoms with Crippen LogP contribution in [0.4, 0.5) is 5.82 Å². The predicted octanol–water partition coefficient (Wildman–Crippen LogP) is 2.71. The molecule has 27 heavy (non-hydrogen) atoms. The lowest BCUT2D eigenvalue weighted by molar-refractivity contribution is 0.746. The average Bonchev–Trinajstić information content (AvgIpc) is 3.48. The van der Waals surface area contributed by atoms with Crippen molar-refractivity contribution in [1.29, 1.82) is 0 Å². The number of anilines is 1. The van der Waals surface area contributed by atoms with Crippen LogP contribution in [0.2, 0.25) is 0 Å². The fourth-order valence-electron chi connectivity index (χ4n) is 3.26. The van der Waals surface area contributed by atoms with Crippen LogP contribution < -0.4 is 4.90 Å². The molecule has 0 saturated carbocycles. The summed E-state index contributed by atoms with van der Waals surface area (Å²) in [7, 11) is 0. The molecule has 1 fully saturated rings. The highest BCUT2D eigenvalue weighted by Crippen LogP contribution is 2.29. The van der Waals surface area contributed by atoms with Gasteiger partial charge in [0.1, 0.15) is 0 Å². The first-order chi connectivity index (χ1) is 13.4. The maximum absolute atomic E-state index is 4.75. The molecular formula is C19H18N8. The van der Waals surface area contributed by atoms with Gasteiger partial charge in [-0.2, -0.15) is 5.10 Å². The third-order valence-electron chi connectivity index (χ3n) is 4.62. The molecule has 0 radical (unpaired) electrons. The normalized spacial score (nSPS) is 14.0. The quantitative estimate of drug-likeness (QED) is 0.603. The van der Waals surface area contributed by atoms with Crippen molar-refractivity contribution >= 4 is 5.82 Å². The zero-order chi connectivity index (χ0) is 18.1. The Hall–Kier alpha value is -3.55. The minimum atomic E-state index is 0.597. The number of pyridine rings is 1. The van der Waals surface area contributed by atoms with E-state index in [1.165, 1.54) is 0 Å². The summed E-state index contributed by atoms with van der Waals surface area (Å²) in [5, 5.41) is 16.8. The van der Waals surface area contributed by atoms with Crippen LogP contribution in [-0.4, -0.2) is 48.2 Å². The molecule has 8 heteroatoms. The molecule has 1 saturated heterocycles. The maximum atomic E-state index is 4.75. The fraction of sp³-hybridized carbons (Fsp3) is 0.211. The van der Waals surface area contributed by atoms with E-state index >= 15 is 0 Å². The van der Waals surface area contributed by atoms with Gasteiger partial charge in [0.25, 0.3) is 0 Å². The standard InChI is InChI=1S/C19H18N8/c1-2-8-15(9-3-1)27-24-16(19(25-27)26-11-4-5-12-26)18-21-17(22-23-18)14-7-6-10-20-13-14/h1-3,6-10,13H,4-5,11-12H2,(H,21,22,23). The first-order valence-electron chi connectivity index (χ1n) is 8.99. The van der Waals surface area contributed by atoms with Gasteiger partial charge in [-0.3, -0.25) is 10.1 Å². The Morgan fingerprint density at radius 3 is 2.56 bits per heavy atom. The fourth-order valence-corrected chi connectivity index (χ4v) is 3.26. The number of aromatic amines is 1. The van der Waals surface area contributed by atoms with Gasteiger partial charge in [0.2, 0.25) is 0 Å². The van der Waals surface area contributed by atoms with E-state index in [1.54, 1.807) is 17.2 Å². The highest BCUT2D eigenvalue weighted by atomic mass is 15.5. The number of rotatable bonds is 4. The predicted molar refractivity (Wildman–Crippen MR) is 101 cm³/mol. The van der Waals surface area contributed by atoms with Crippen LogP contribution >= 0.6 is 0 Å². The van der Waals surface area contributed by atoms with E-state index in [0.29, 0.717) is 17.3 Å². The van der Waals surface area contributed by atoms with Crippen LogP contribution in [-0.2, 0) is 0 Å². The monoisotopic (exact) mass is 358 g/mol. The van der Waals surface area contributed by atoms with Gasteiger partial charge in [0.15, 0.2) is 23.2 Å². The lowest BCUT2D eigenvalue weighted by Gasteiger charge is -2.13. The zero-order valence-electron chi connectivity index (χ0n) is 14.7. The van der Waals surface area contributed by atoms with Crippen molar-refractivity contribution in [2.75, 3.05) is 18.0 Å². The zero-order valence-corrected chi connectivity index (χ0v) is 14.7. The molecule has 5 rings (SSSR count). The molecule has 1 aliphatic heterocycles. The number of nitrogens with zero attached hydrogens (tertiary/aromatic N) is 7. The van der Waals surface area contributed by atoms with Gasteiger partial charge >= 0.3 is 0 Å². The van der Waals surface area contributed by atoms with Gasteiger partial charge in [-0.05, 0) is 37.1 Å². The summed E-state index contributed by atoms with van der Waals surface area (Å²) in [5.74, 6) is 2.04. The van der Waals surface area contributed by atoms with Gasteiger partial charge in [0.05, 0.1) is 5.69 Å². The SMILES string of the molecule is c1ccc(-n2nc(-c3nc(-c4cccnc4)n[nH]3)c(N3CCCC3)n2)cc1. The van der Waals surface area contributed by atoms with Crippen LogP contribution in [0.1, 0.15) is 12.8 Å². The Kier molecular flexibility index (Phi) is 3.86. The number of hydrogen-bond acceptors (Lipinski definition) is 6. The summed E-state index contributed by atoms with van der Waals surface area (Å²) in [4.78, 5) is 12.7. The Balaban J connectivity index is 1.58. The molecule has 4 aromatic rings. The van der Waals surface area contributed by atoms with Gasteiger partial charge in [-0.1, -0.05) is 18.2 Å². The average molecular weight is 358 g/mol. The Morgan fingerprint density at radius 1 is 0.926 bits per heavy atom. The highest BCUT2D eigenvalue weighted by Gasteiger charge is 2.24. The van der Waals surface area contributed by atoms with E-state index in [1.807, 2.05) is 42.5 Å². The minimum Gasteiger partial charge on any atom is -0.353 e. The molecule has 1 aliphatic rings. The molecule has 0 amide bonds. The number of H-pyrrole nitrogens is 1. The summed E-state index contributed by atoms with van der Waals surface area (Å²) >= 11 is 0. The highest BCUT2D eigenvalue weighted by molar-refractivity contribution is 5.68. The van der Waals surface area contributed by atoms with E-state index in [2.05, 4.69) is 25.1 Å². The molecule has 1 N–H and O–H groups in total. The molecule has 0 unspecified atom stereocenters. The first-order valence-corrected chi connectivity index (χ1v) is 8.99. The largest absolute Gasteiger partial charge is 0.353 e. The van der Waals surface area contributed by atoms with E-state index in [4.69, 9.17) is 10.2 Å². The van der Waals surface area contributed by atoms with E-state index < -0.39 is 0 Å². The summed E-state index contributed by atoms with van der Waals surface area (Å²) in [6, 6.07) is 13.7. The van der Waals surface area contributed by atoms with Crippen molar-refractivity contribution in [2.24, 2.45) is 0 Å². The van der Waals surface area contributed by atoms with Crippen molar-refractivity contribution in [3.05, 3.63) is 54.9 Å². The molecule has 134 valence electrons. The van der Waals surface area contributed by atoms with Crippen molar-refractivity contribution in [1.82, 2.24) is 35.2 Å². The Labute approximate surface area is 155 Å². The lowest BCUT2D eigenvalue weighted by Crippen LogP contribution is -2.19. The molecule has 0 atom stereocenters. The summed E-state index contributed by atoms with van der Waals surface area (Å²) in [6.45, 7) is 1.95. The second-order valence-electron chi connectivity index (χ2n) is 6.44. The molecule has 4 heterocycles. The van der Waals surface area contributed by atoms with Gasteiger partial charge < -0.3 is 4.90 Å². The van der Waals surface area contributed by atoms with E-state index in [9.17, 15) is 0 Å². The Morgan fingerprint density at radius 2 is 1.78 bits per heavy atom. The van der Waals surface area contributed by atoms with Crippen molar-refractivity contribution in [2.45, 2.75) is 12.8 Å². The molecule has 1 aromatic carbocycles. The number of aromatic nitrogens is 7. The maximum Gasteiger partial charge on any atom is 0.183 e. The topological polar surface area (TPSA) is 88.4 Å². The second-order valence-corrected chi connectivity index (χ2v) is 6.44.